The predicted octanol–water partition coefficient (Wildman–Crippen LogP) is 12.6. The lowest BCUT2D eigenvalue weighted by atomic mass is 9.96. The summed E-state index contributed by atoms with van der Waals surface area (Å²) >= 11 is 0. The highest BCUT2D eigenvalue weighted by molar-refractivity contribution is 6.34. The average Bonchev–Trinajstić information content (AvgIpc) is 3.55. The largest absolute Gasteiger partial charge is 0.308 e. The summed E-state index contributed by atoms with van der Waals surface area (Å²) in [6.07, 6.45) is 0. The van der Waals surface area contributed by atoms with Gasteiger partial charge in [0.25, 0.3) is 0 Å². The lowest BCUT2D eigenvalue weighted by molar-refractivity contribution is 1.19. The zero-order valence-corrected chi connectivity index (χ0v) is 26.7. The maximum Gasteiger partial charge on any atom is 0.0715 e. The van der Waals surface area contributed by atoms with Gasteiger partial charge in [0.2, 0.25) is 0 Å². The van der Waals surface area contributed by atoms with E-state index in [0.717, 1.165) is 33.8 Å². The van der Waals surface area contributed by atoms with Gasteiger partial charge in [0.15, 0.2) is 0 Å². The number of benzene rings is 8. The van der Waals surface area contributed by atoms with Crippen LogP contribution in [-0.4, -0.2) is 9.55 Å². The van der Waals surface area contributed by atoms with Crippen LogP contribution in [0.25, 0.3) is 93.5 Å². The topological polar surface area (TPSA) is 17.8 Å². The first-order chi connectivity index (χ1) is 24.3. The van der Waals surface area contributed by atoms with Crippen LogP contribution in [0.15, 0.2) is 182 Å². The minimum Gasteiger partial charge on any atom is -0.308 e. The number of nitrogens with zero attached hydrogens (tertiary/aromatic N) is 2. The highest BCUT2D eigenvalue weighted by atomic mass is 15.0. The van der Waals surface area contributed by atoms with Crippen molar-refractivity contribution in [2.24, 2.45) is 0 Å². The van der Waals surface area contributed by atoms with Crippen LogP contribution in [0.3, 0.4) is 0 Å². The fraction of sp³-hybridized carbons (Fsp3) is 0. The summed E-state index contributed by atoms with van der Waals surface area (Å²) in [4.78, 5) is 5.20. The Bertz CT molecular complexity index is 2790. The minimum absolute atomic E-state index is 0.955. The third-order valence-electron chi connectivity index (χ3n) is 9.95. The molecule has 0 amide bonds. The Morgan fingerprint density at radius 3 is 1.55 bits per heavy atom. The van der Waals surface area contributed by atoms with E-state index in [4.69, 9.17) is 4.98 Å². The second-order valence-corrected chi connectivity index (χ2v) is 12.7. The van der Waals surface area contributed by atoms with Crippen molar-refractivity contribution >= 4 is 54.1 Å². The quantitative estimate of drug-likeness (QED) is 0.179. The molecule has 0 saturated carbocycles. The van der Waals surface area contributed by atoms with Crippen LogP contribution in [0.1, 0.15) is 0 Å². The second-order valence-electron chi connectivity index (χ2n) is 12.7. The van der Waals surface area contributed by atoms with E-state index < -0.39 is 0 Å². The van der Waals surface area contributed by atoms with Gasteiger partial charge in [-0.3, -0.25) is 0 Å². The van der Waals surface area contributed by atoms with Crippen LogP contribution in [-0.2, 0) is 0 Å². The monoisotopic (exact) mass is 622 g/mol. The average molecular weight is 623 g/mol. The first-order valence-electron chi connectivity index (χ1n) is 16.8. The standard InChI is InChI=1S/C47H30N2/c1-3-13-31(14-4-1)35-29-43(33-16-5-2-6-17-33)48-44(30-35)34-23-26-36(27-24-34)49-46-37-18-8-7-15-32(37)25-28-42(46)45-40-21-11-9-19-38(40)39-20-10-12-22-41(39)47(45)49/h1-30H. The van der Waals surface area contributed by atoms with Gasteiger partial charge in [-0.15, -0.1) is 0 Å². The zero-order valence-electron chi connectivity index (χ0n) is 26.7. The summed E-state index contributed by atoms with van der Waals surface area (Å²) in [5.74, 6) is 0. The van der Waals surface area contributed by atoms with E-state index in [9.17, 15) is 0 Å². The van der Waals surface area contributed by atoms with Gasteiger partial charge in [-0.1, -0.05) is 158 Å². The van der Waals surface area contributed by atoms with Crippen LogP contribution < -0.4 is 0 Å². The van der Waals surface area contributed by atoms with Gasteiger partial charge in [0.1, 0.15) is 0 Å². The van der Waals surface area contributed by atoms with Crippen molar-refractivity contribution in [1.29, 1.82) is 0 Å². The van der Waals surface area contributed by atoms with Gasteiger partial charge in [-0.25, -0.2) is 4.98 Å². The van der Waals surface area contributed by atoms with Gasteiger partial charge in [-0.2, -0.15) is 0 Å². The first kappa shape index (κ1) is 27.6. The number of hydrogen-bond acceptors (Lipinski definition) is 1. The minimum atomic E-state index is 0.955. The molecule has 0 atom stereocenters. The molecule has 8 aromatic carbocycles. The highest BCUT2D eigenvalue weighted by Crippen LogP contribution is 2.44. The molecule has 2 nitrogen and oxygen atoms in total. The van der Waals surface area contributed by atoms with Crippen LogP contribution in [0, 0.1) is 0 Å². The van der Waals surface area contributed by atoms with Crippen molar-refractivity contribution in [3.8, 4) is 39.3 Å². The lowest BCUT2D eigenvalue weighted by Crippen LogP contribution is -1.96. The molecule has 10 aromatic rings. The molecule has 2 heterocycles. The summed E-state index contributed by atoms with van der Waals surface area (Å²) in [6.45, 7) is 0. The first-order valence-corrected chi connectivity index (χ1v) is 16.8. The van der Waals surface area contributed by atoms with E-state index in [1.165, 1.54) is 59.7 Å². The molecule has 0 saturated heterocycles. The molecule has 0 spiro atoms. The van der Waals surface area contributed by atoms with Crippen molar-refractivity contribution < 1.29 is 0 Å². The number of aromatic nitrogens is 2. The normalized spacial score (nSPS) is 11.7. The summed E-state index contributed by atoms with van der Waals surface area (Å²) < 4.78 is 2.49. The van der Waals surface area contributed by atoms with Crippen LogP contribution in [0.2, 0.25) is 0 Å². The van der Waals surface area contributed by atoms with Crippen LogP contribution in [0.4, 0.5) is 0 Å². The van der Waals surface area contributed by atoms with E-state index in [1.54, 1.807) is 0 Å². The number of rotatable bonds is 4. The molecule has 0 aliphatic rings. The second kappa shape index (κ2) is 11.0. The van der Waals surface area contributed by atoms with Crippen molar-refractivity contribution in [3.05, 3.63) is 182 Å². The summed E-state index contributed by atoms with van der Waals surface area (Å²) in [7, 11) is 0. The molecule has 49 heavy (non-hydrogen) atoms. The summed E-state index contributed by atoms with van der Waals surface area (Å²) in [5.41, 5.74) is 10.0. The number of hydrogen-bond donors (Lipinski definition) is 0. The van der Waals surface area contributed by atoms with Gasteiger partial charge >= 0.3 is 0 Å². The van der Waals surface area contributed by atoms with E-state index in [2.05, 4.69) is 180 Å². The van der Waals surface area contributed by atoms with E-state index >= 15 is 0 Å². The lowest BCUT2D eigenvalue weighted by Gasteiger charge is -2.14. The Kier molecular flexibility index (Phi) is 6.22. The zero-order chi connectivity index (χ0) is 32.3. The van der Waals surface area contributed by atoms with Crippen molar-refractivity contribution in [2.45, 2.75) is 0 Å². The van der Waals surface area contributed by atoms with Crippen LogP contribution >= 0.6 is 0 Å². The maximum atomic E-state index is 5.20. The SMILES string of the molecule is c1ccc(-c2cc(-c3ccccc3)nc(-c3ccc(-n4c5c6ccccc6ccc5c5c6ccccc6c6ccccc6c54)cc3)c2)cc1. The Morgan fingerprint density at radius 2 is 0.857 bits per heavy atom. The Morgan fingerprint density at radius 1 is 0.327 bits per heavy atom. The van der Waals surface area contributed by atoms with Crippen molar-refractivity contribution in [1.82, 2.24) is 9.55 Å². The van der Waals surface area contributed by atoms with Gasteiger partial charge < -0.3 is 4.57 Å². The van der Waals surface area contributed by atoms with E-state index in [0.29, 0.717) is 0 Å². The molecule has 0 aliphatic carbocycles. The number of fused-ring (bicyclic) bond motifs is 10. The molecule has 2 heteroatoms. The van der Waals surface area contributed by atoms with Gasteiger partial charge in [0, 0.05) is 38.4 Å². The van der Waals surface area contributed by atoms with Crippen LogP contribution in [0.5, 0.6) is 0 Å². The molecule has 0 N–H and O–H groups in total. The molecule has 0 unspecified atom stereocenters. The fourth-order valence-corrected chi connectivity index (χ4v) is 7.71. The van der Waals surface area contributed by atoms with Crippen molar-refractivity contribution in [3.63, 3.8) is 0 Å². The molecule has 0 radical (unpaired) electrons. The Balaban J connectivity index is 1.24. The molecule has 228 valence electrons. The van der Waals surface area contributed by atoms with Gasteiger partial charge in [0.05, 0.1) is 22.4 Å². The molecular weight excluding hydrogens is 593 g/mol. The third-order valence-corrected chi connectivity index (χ3v) is 9.95. The van der Waals surface area contributed by atoms with Gasteiger partial charge in [-0.05, 0) is 56.9 Å². The third kappa shape index (κ3) is 4.38. The Hall–Kier alpha value is -6.51. The molecule has 0 bridgehead atoms. The predicted molar refractivity (Wildman–Crippen MR) is 207 cm³/mol. The van der Waals surface area contributed by atoms with Crippen molar-refractivity contribution in [2.75, 3.05) is 0 Å². The summed E-state index contributed by atoms with van der Waals surface area (Å²) in [6, 6.07) is 65.5. The molecule has 0 aliphatic heterocycles. The van der Waals surface area contributed by atoms with E-state index in [1.807, 2.05) is 6.07 Å². The maximum absolute atomic E-state index is 5.20. The molecule has 10 rings (SSSR count). The smallest absolute Gasteiger partial charge is 0.0715 e. The highest BCUT2D eigenvalue weighted by Gasteiger charge is 2.20. The molecular formula is C47H30N2. The number of pyridine rings is 1. The van der Waals surface area contributed by atoms with E-state index in [-0.39, 0.29) is 0 Å². The molecule has 2 aromatic heterocycles. The fourth-order valence-electron chi connectivity index (χ4n) is 7.71. The summed E-state index contributed by atoms with van der Waals surface area (Å²) in [5, 5.41) is 10.1. The molecule has 0 fully saturated rings. The Labute approximate surface area is 284 Å².